The first-order valence-electron chi connectivity index (χ1n) is 7.15. The molecule has 4 nitrogen and oxygen atoms in total. The third-order valence-electron chi connectivity index (χ3n) is 3.53. The van der Waals surface area contributed by atoms with E-state index in [9.17, 15) is 4.79 Å². The van der Waals surface area contributed by atoms with Crippen molar-refractivity contribution < 1.29 is 9.53 Å². The SMILES string of the molecule is CC(C)(C)OC(=O)N1CC(CN)CC1c1ccccc1. The van der Waals surface area contributed by atoms with Crippen LogP contribution in [0.2, 0.25) is 0 Å². The van der Waals surface area contributed by atoms with Gasteiger partial charge in [0.2, 0.25) is 0 Å². The Bertz CT molecular complexity index is 453. The molecule has 2 rings (SSSR count). The normalized spacial score (nSPS) is 22.9. The highest BCUT2D eigenvalue weighted by atomic mass is 16.6. The zero-order valence-corrected chi connectivity index (χ0v) is 12.5. The van der Waals surface area contributed by atoms with Gasteiger partial charge in [-0.05, 0) is 45.2 Å². The van der Waals surface area contributed by atoms with Gasteiger partial charge in [0.25, 0.3) is 0 Å². The minimum atomic E-state index is -0.473. The van der Waals surface area contributed by atoms with E-state index in [1.54, 1.807) is 0 Å². The molecule has 0 aliphatic carbocycles. The summed E-state index contributed by atoms with van der Waals surface area (Å²) in [6.45, 7) is 6.93. The second-order valence-electron chi connectivity index (χ2n) is 6.40. The molecule has 1 fully saturated rings. The van der Waals surface area contributed by atoms with Crippen LogP contribution in [0.25, 0.3) is 0 Å². The standard InChI is InChI=1S/C16H24N2O2/c1-16(2,3)20-15(19)18-11-12(10-17)9-14(18)13-7-5-4-6-8-13/h4-8,12,14H,9-11,17H2,1-3H3. The quantitative estimate of drug-likeness (QED) is 0.903. The molecule has 0 spiro atoms. The molecule has 1 aromatic carbocycles. The van der Waals surface area contributed by atoms with Crippen LogP contribution in [0.15, 0.2) is 30.3 Å². The number of amides is 1. The van der Waals surface area contributed by atoms with Crippen molar-refractivity contribution in [2.75, 3.05) is 13.1 Å². The highest BCUT2D eigenvalue weighted by Crippen LogP contribution is 2.35. The zero-order valence-electron chi connectivity index (χ0n) is 12.5. The summed E-state index contributed by atoms with van der Waals surface area (Å²) in [6.07, 6.45) is 0.655. The zero-order chi connectivity index (χ0) is 14.8. The molecule has 1 amide bonds. The average molecular weight is 276 g/mol. The van der Waals surface area contributed by atoms with Crippen LogP contribution in [-0.4, -0.2) is 29.7 Å². The van der Waals surface area contributed by atoms with Gasteiger partial charge >= 0.3 is 6.09 Å². The maximum absolute atomic E-state index is 12.4. The third kappa shape index (κ3) is 3.51. The highest BCUT2D eigenvalue weighted by molar-refractivity contribution is 5.69. The summed E-state index contributed by atoms with van der Waals surface area (Å²) in [6, 6.07) is 10.2. The van der Waals surface area contributed by atoms with Crippen molar-refractivity contribution in [3.05, 3.63) is 35.9 Å². The molecule has 1 aromatic rings. The molecule has 1 aliphatic rings. The van der Waals surface area contributed by atoms with Crippen molar-refractivity contribution in [3.8, 4) is 0 Å². The fourth-order valence-corrected chi connectivity index (χ4v) is 2.61. The fourth-order valence-electron chi connectivity index (χ4n) is 2.61. The first kappa shape index (κ1) is 14.9. The Morgan fingerprint density at radius 3 is 2.55 bits per heavy atom. The monoisotopic (exact) mass is 276 g/mol. The second-order valence-corrected chi connectivity index (χ2v) is 6.40. The van der Waals surface area contributed by atoms with Crippen LogP contribution in [-0.2, 0) is 4.74 Å². The number of ether oxygens (including phenoxy) is 1. The van der Waals surface area contributed by atoms with E-state index >= 15 is 0 Å². The van der Waals surface area contributed by atoms with Gasteiger partial charge < -0.3 is 15.4 Å². The number of nitrogens with two attached hydrogens (primary N) is 1. The number of hydrogen-bond donors (Lipinski definition) is 1. The van der Waals surface area contributed by atoms with Gasteiger partial charge in [0.15, 0.2) is 0 Å². The van der Waals surface area contributed by atoms with Crippen LogP contribution in [0, 0.1) is 5.92 Å². The van der Waals surface area contributed by atoms with Crippen LogP contribution in [0.3, 0.4) is 0 Å². The summed E-state index contributed by atoms with van der Waals surface area (Å²) < 4.78 is 5.51. The summed E-state index contributed by atoms with van der Waals surface area (Å²) in [7, 11) is 0. The molecule has 2 atom stereocenters. The van der Waals surface area contributed by atoms with Crippen molar-refractivity contribution in [1.82, 2.24) is 4.90 Å². The Morgan fingerprint density at radius 1 is 1.35 bits per heavy atom. The maximum Gasteiger partial charge on any atom is 0.410 e. The molecule has 1 saturated heterocycles. The van der Waals surface area contributed by atoms with Crippen LogP contribution >= 0.6 is 0 Å². The average Bonchev–Trinajstić information content (AvgIpc) is 2.82. The topological polar surface area (TPSA) is 55.6 Å². The lowest BCUT2D eigenvalue weighted by Crippen LogP contribution is -2.37. The van der Waals surface area contributed by atoms with Gasteiger partial charge in [0.1, 0.15) is 5.60 Å². The lowest BCUT2D eigenvalue weighted by atomic mass is 10.00. The summed E-state index contributed by atoms with van der Waals surface area (Å²) in [5, 5.41) is 0. The Balaban J connectivity index is 2.18. The van der Waals surface area contributed by atoms with Crippen molar-refractivity contribution in [3.63, 3.8) is 0 Å². The molecular formula is C16H24N2O2. The molecule has 1 aliphatic heterocycles. The van der Waals surface area contributed by atoms with Gasteiger partial charge in [0, 0.05) is 6.54 Å². The van der Waals surface area contributed by atoms with Crippen LogP contribution in [0.4, 0.5) is 4.79 Å². The summed E-state index contributed by atoms with van der Waals surface area (Å²) in [5.74, 6) is 0.340. The number of rotatable bonds is 2. The van der Waals surface area contributed by atoms with Gasteiger partial charge in [-0.15, -0.1) is 0 Å². The van der Waals surface area contributed by atoms with Crippen molar-refractivity contribution >= 4 is 6.09 Å². The summed E-state index contributed by atoms with van der Waals surface area (Å²) in [4.78, 5) is 14.2. The Kier molecular flexibility index (Phi) is 4.33. The number of nitrogens with zero attached hydrogens (tertiary/aromatic N) is 1. The number of carbonyl (C=O) groups is 1. The smallest absolute Gasteiger partial charge is 0.410 e. The van der Waals surface area contributed by atoms with E-state index in [-0.39, 0.29) is 12.1 Å². The molecule has 4 heteroatoms. The van der Waals surface area contributed by atoms with Gasteiger partial charge in [0.05, 0.1) is 6.04 Å². The van der Waals surface area contributed by atoms with Crippen LogP contribution < -0.4 is 5.73 Å². The van der Waals surface area contributed by atoms with E-state index in [2.05, 4.69) is 12.1 Å². The number of benzene rings is 1. The van der Waals surface area contributed by atoms with Gasteiger partial charge in [-0.3, -0.25) is 0 Å². The molecule has 0 radical (unpaired) electrons. The predicted molar refractivity (Wildman–Crippen MR) is 79.3 cm³/mol. The Hall–Kier alpha value is -1.55. The Labute approximate surface area is 120 Å². The van der Waals surface area contributed by atoms with Crippen molar-refractivity contribution in [2.45, 2.75) is 38.8 Å². The van der Waals surface area contributed by atoms with Gasteiger partial charge in [-0.2, -0.15) is 0 Å². The molecule has 20 heavy (non-hydrogen) atoms. The minimum Gasteiger partial charge on any atom is -0.444 e. The molecule has 2 unspecified atom stereocenters. The Morgan fingerprint density at radius 2 is 2.00 bits per heavy atom. The first-order valence-corrected chi connectivity index (χ1v) is 7.15. The minimum absolute atomic E-state index is 0.0691. The molecule has 2 N–H and O–H groups in total. The summed E-state index contributed by atoms with van der Waals surface area (Å²) >= 11 is 0. The lowest BCUT2D eigenvalue weighted by molar-refractivity contribution is 0.0220. The highest BCUT2D eigenvalue weighted by Gasteiger charge is 2.37. The largest absolute Gasteiger partial charge is 0.444 e. The van der Waals surface area contributed by atoms with Crippen molar-refractivity contribution in [2.24, 2.45) is 11.7 Å². The van der Waals surface area contributed by atoms with E-state index in [0.717, 1.165) is 12.0 Å². The van der Waals surface area contributed by atoms with E-state index < -0.39 is 5.60 Å². The van der Waals surface area contributed by atoms with Crippen LogP contribution in [0.5, 0.6) is 0 Å². The van der Waals surface area contributed by atoms with Crippen molar-refractivity contribution in [1.29, 1.82) is 0 Å². The second kappa shape index (κ2) is 5.83. The molecule has 1 heterocycles. The van der Waals surface area contributed by atoms with Crippen LogP contribution in [0.1, 0.15) is 38.8 Å². The number of carbonyl (C=O) groups excluding carboxylic acids is 1. The molecule has 0 saturated carbocycles. The lowest BCUT2D eigenvalue weighted by Gasteiger charge is -2.28. The molecular weight excluding hydrogens is 252 g/mol. The van der Waals surface area contributed by atoms with E-state index in [0.29, 0.717) is 19.0 Å². The van der Waals surface area contributed by atoms with E-state index in [1.165, 1.54) is 0 Å². The number of hydrogen-bond acceptors (Lipinski definition) is 3. The predicted octanol–water partition coefficient (Wildman–Crippen LogP) is 2.94. The van der Waals surface area contributed by atoms with Gasteiger partial charge in [-0.1, -0.05) is 30.3 Å². The number of likely N-dealkylation sites (tertiary alicyclic amines) is 1. The first-order chi connectivity index (χ1) is 9.40. The van der Waals surface area contributed by atoms with E-state index in [1.807, 2.05) is 43.9 Å². The molecule has 0 bridgehead atoms. The molecule has 110 valence electrons. The summed E-state index contributed by atoms with van der Waals surface area (Å²) in [5.41, 5.74) is 6.46. The molecule has 0 aromatic heterocycles. The maximum atomic E-state index is 12.4. The fraction of sp³-hybridized carbons (Fsp3) is 0.562. The van der Waals surface area contributed by atoms with E-state index in [4.69, 9.17) is 10.5 Å². The van der Waals surface area contributed by atoms with Gasteiger partial charge in [-0.25, -0.2) is 4.79 Å². The third-order valence-corrected chi connectivity index (χ3v) is 3.53.